The normalized spacial score (nSPS) is 15.4. The molecule has 1 fully saturated rings. The van der Waals surface area contributed by atoms with E-state index in [1.807, 2.05) is 13.1 Å². The number of aryl methyl sites for hydroxylation is 2. The SMILES string of the molecule is Cc1ccc(-c2nc(C)ncc2N2CCNCC2)cc1. The lowest BCUT2D eigenvalue weighted by Gasteiger charge is -2.30. The second kappa shape index (κ2) is 5.59. The Labute approximate surface area is 119 Å². The minimum absolute atomic E-state index is 0.819. The molecule has 0 unspecified atom stereocenters. The topological polar surface area (TPSA) is 41.1 Å². The molecule has 1 aromatic carbocycles. The van der Waals surface area contributed by atoms with Crippen LogP contribution >= 0.6 is 0 Å². The standard InChI is InChI=1S/C16H20N4/c1-12-3-5-14(6-4-12)16-15(11-18-13(2)19-16)20-9-7-17-8-10-20/h3-6,11,17H,7-10H2,1-2H3. The number of anilines is 1. The molecule has 1 N–H and O–H groups in total. The van der Waals surface area contributed by atoms with Gasteiger partial charge >= 0.3 is 0 Å². The minimum atomic E-state index is 0.819. The summed E-state index contributed by atoms with van der Waals surface area (Å²) in [5.74, 6) is 0.819. The van der Waals surface area contributed by atoms with E-state index >= 15 is 0 Å². The Hall–Kier alpha value is -1.94. The Morgan fingerprint density at radius 3 is 2.45 bits per heavy atom. The molecule has 0 spiro atoms. The third-order valence-corrected chi connectivity index (χ3v) is 3.67. The third kappa shape index (κ3) is 2.65. The van der Waals surface area contributed by atoms with Crippen LogP contribution in [0.2, 0.25) is 0 Å². The molecule has 0 aliphatic carbocycles. The Balaban J connectivity index is 2.03. The largest absolute Gasteiger partial charge is 0.366 e. The average molecular weight is 268 g/mol. The van der Waals surface area contributed by atoms with Crippen molar-refractivity contribution < 1.29 is 0 Å². The number of hydrogen-bond acceptors (Lipinski definition) is 4. The lowest BCUT2D eigenvalue weighted by molar-refractivity contribution is 0.588. The van der Waals surface area contributed by atoms with Crippen molar-refractivity contribution in [1.82, 2.24) is 15.3 Å². The first-order valence-electron chi connectivity index (χ1n) is 7.10. The van der Waals surface area contributed by atoms with Crippen LogP contribution in [0.25, 0.3) is 11.3 Å². The van der Waals surface area contributed by atoms with Gasteiger partial charge in [-0.1, -0.05) is 29.8 Å². The van der Waals surface area contributed by atoms with Crippen LogP contribution < -0.4 is 10.2 Å². The number of nitrogens with zero attached hydrogens (tertiary/aromatic N) is 3. The second-order valence-electron chi connectivity index (χ2n) is 5.25. The second-order valence-corrected chi connectivity index (χ2v) is 5.25. The van der Waals surface area contributed by atoms with Gasteiger partial charge in [-0.3, -0.25) is 0 Å². The summed E-state index contributed by atoms with van der Waals surface area (Å²) >= 11 is 0. The first-order chi connectivity index (χ1) is 9.74. The molecule has 0 amide bonds. The number of benzene rings is 1. The van der Waals surface area contributed by atoms with E-state index in [4.69, 9.17) is 0 Å². The summed E-state index contributed by atoms with van der Waals surface area (Å²) in [6.07, 6.45) is 1.96. The van der Waals surface area contributed by atoms with E-state index < -0.39 is 0 Å². The van der Waals surface area contributed by atoms with Crippen molar-refractivity contribution in [2.45, 2.75) is 13.8 Å². The zero-order valence-corrected chi connectivity index (χ0v) is 12.1. The fraction of sp³-hybridized carbons (Fsp3) is 0.375. The van der Waals surface area contributed by atoms with Crippen LogP contribution in [0, 0.1) is 13.8 Å². The van der Waals surface area contributed by atoms with E-state index in [0.29, 0.717) is 0 Å². The first-order valence-corrected chi connectivity index (χ1v) is 7.10. The molecular formula is C16H20N4. The van der Waals surface area contributed by atoms with Gasteiger partial charge in [-0.15, -0.1) is 0 Å². The molecule has 0 radical (unpaired) electrons. The van der Waals surface area contributed by atoms with Gasteiger partial charge in [0.2, 0.25) is 0 Å². The molecule has 1 aliphatic rings. The smallest absolute Gasteiger partial charge is 0.126 e. The van der Waals surface area contributed by atoms with Gasteiger partial charge in [-0.05, 0) is 13.8 Å². The van der Waals surface area contributed by atoms with Crippen LogP contribution in [0.5, 0.6) is 0 Å². The van der Waals surface area contributed by atoms with Crippen LogP contribution in [0.3, 0.4) is 0 Å². The van der Waals surface area contributed by atoms with Crippen molar-refractivity contribution in [3.8, 4) is 11.3 Å². The third-order valence-electron chi connectivity index (χ3n) is 3.67. The van der Waals surface area contributed by atoms with Crippen molar-refractivity contribution in [3.05, 3.63) is 41.9 Å². The fourth-order valence-electron chi connectivity index (χ4n) is 2.52. The quantitative estimate of drug-likeness (QED) is 0.906. The predicted molar refractivity (Wildman–Crippen MR) is 82.0 cm³/mol. The first kappa shape index (κ1) is 13.1. The highest BCUT2D eigenvalue weighted by Gasteiger charge is 2.17. The van der Waals surface area contributed by atoms with E-state index in [-0.39, 0.29) is 0 Å². The molecule has 1 aliphatic heterocycles. The summed E-state index contributed by atoms with van der Waals surface area (Å²) in [5.41, 5.74) is 4.61. The van der Waals surface area contributed by atoms with E-state index in [2.05, 4.69) is 51.4 Å². The summed E-state index contributed by atoms with van der Waals surface area (Å²) in [6, 6.07) is 8.55. The molecule has 1 saturated heterocycles. The zero-order valence-electron chi connectivity index (χ0n) is 12.1. The van der Waals surface area contributed by atoms with Crippen LogP contribution in [-0.4, -0.2) is 36.1 Å². The molecule has 104 valence electrons. The molecule has 2 heterocycles. The molecule has 1 aromatic heterocycles. The van der Waals surface area contributed by atoms with E-state index in [9.17, 15) is 0 Å². The van der Waals surface area contributed by atoms with Crippen molar-refractivity contribution in [3.63, 3.8) is 0 Å². The van der Waals surface area contributed by atoms with Gasteiger partial charge in [0.1, 0.15) is 5.82 Å². The summed E-state index contributed by atoms with van der Waals surface area (Å²) in [4.78, 5) is 11.4. The molecule has 3 rings (SSSR count). The minimum Gasteiger partial charge on any atom is -0.366 e. The maximum Gasteiger partial charge on any atom is 0.126 e. The molecule has 4 heteroatoms. The molecule has 20 heavy (non-hydrogen) atoms. The van der Waals surface area contributed by atoms with Gasteiger partial charge in [0.15, 0.2) is 0 Å². The van der Waals surface area contributed by atoms with Crippen molar-refractivity contribution in [2.24, 2.45) is 0 Å². The molecule has 2 aromatic rings. The van der Waals surface area contributed by atoms with Crippen molar-refractivity contribution >= 4 is 5.69 Å². The van der Waals surface area contributed by atoms with E-state index in [1.54, 1.807) is 0 Å². The van der Waals surface area contributed by atoms with Gasteiger partial charge in [0.05, 0.1) is 17.6 Å². The average Bonchev–Trinajstić information content (AvgIpc) is 2.49. The number of aromatic nitrogens is 2. The van der Waals surface area contributed by atoms with Gasteiger partial charge in [-0.2, -0.15) is 0 Å². The lowest BCUT2D eigenvalue weighted by Crippen LogP contribution is -2.43. The van der Waals surface area contributed by atoms with Crippen LogP contribution in [0.15, 0.2) is 30.5 Å². The van der Waals surface area contributed by atoms with Crippen LogP contribution in [-0.2, 0) is 0 Å². The van der Waals surface area contributed by atoms with Crippen molar-refractivity contribution in [2.75, 3.05) is 31.1 Å². The van der Waals surface area contributed by atoms with Crippen LogP contribution in [0.1, 0.15) is 11.4 Å². The van der Waals surface area contributed by atoms with Gasteiger partial charge in [0, 0.05) is 31.7 Å². The highest BCUT2D eigenvalue weighted by atomic mass is 15.2. The zero-order chi connectivity index (χ0) is 13.9. The molecule has 0 saturated carbocycles. The van der Waals surface area contributed by atoms with E-state index in [0.717, 1.165) is 48.9 Å². The van der Waals surface area contributed by atoms with Gasteiger partial charge in [0.25, 0.3) is 0 Å². The Kier molecular flexibility index (Phi) is 3.65. The van der Waals surface area contributed by atoms with Crippen LogP contribution in [0.4, 0.5) is 5.69 Å². The highest BCUT2D eigenvalue weighted by molar-refractivity contribution is 5.74. The Bertz CT molecular complexity index is 586. The van der Waals surface area contributed by atoms with E-state index in [1.165, 1.54) is 5.56 Å². The summed E-state index contributed by atoms with van der Waals surface area (Å²) in [6.45, 7) is 8.09. The molecular weight excluding hydrogens is 248 g/mol. The summed E-state index contributed by atoms with van der Waals surface area (Å²) in [7, 11) is 0. The monoisotopic (exact) mass is 268 g/mol. The highest BCUT2D eigenvalue weighted by Crippen LogP contribution is 2.28. The number of rotatable bonds is 2. The number of nitrogens with one attached hydrogen (secondary N) is 1. The number of piperazine rings is 1. The Morgan fingerprint density at radius 2 is 1.75 bits per heavy atom. The summed E-state index contributed by atoms with van der Waals surface area (Å²) < 4.78 is 0. The summed E-state index contributed by atoms with van der Waals surface area (Å²) in [5, 5.41) is 3.38. The molecule has 4 nitrogen and oxygen atoms in total. The lowest BCUT2D eigenvalue weighted by atomic mass is 10.1. The number of hydrogen-bond donors (Lipinski definition) is 1. The van der Waals surface area contributed by atoms with Gasteiger partial charge in [-0.25, -0.2) is 9.97 Å². The van der Waals surface area contributed by atoms with Gasteiger partial charge < -0.3 is 10.2 Å². The van der Waals surface area contributed by atoms with Crippen molar-refractivity contribution in [1.29, 1.82) is 0 Å². The molecule has 0 atom stereocenters. The maximum atomic E-state index is 4.68. The maximum absolute atomic E-state index is 4.68. The molecule has 0 bridgehead atoms. The Morgan fingerprint density at radius 1 is 1.05 bits per heavy atom. The fourth-order valence-corrected chi connectivity index (χ4v) is 2.52. The predicted octanol–water partition coefficient (Wildman–Crippen LogP) is 2.17.